The topological polar surface area (TPSA) is 41.6 Å². The summed E-state index contributed by atoms with van der Waals surface area (Å²) in [5, 5.41) is 0.665. The molecule has 1 N–H and O–H groups in total. The lowest BCUT2D eigenvalue weighted by atomic mass is 10.2. The Kier molecular flexibility index (Phi) is 2.34. The van der Waals surface area contributed by atoms with E-state index >= 15 is 0 Å². The van der Waals surface area contributed by atoms with Crippen molar-refractivity contribution in [3.8, 4) is 11.5 Å². The van der Waals surface area contributed by atoms with Gasteiger partial charge in [0.15, 0.2) is 5.82 Å². The quantitative estimate of drug-likeness (QED) is 0.710. The maximum absolute atomic E-state index is 6.16. The van der Waals surface area contributed by atoms with Gasteiger partial charge in [0.2, 0.25) is 0 Å². The van der Waals surface area contributed by atoms with E-state index in [1.807, 2.05) is 37.3 Å². The number of nitrogens with one attached hydrogen (secondary N) is 1. The van der Waals surface area contributed by atoms with E-state index in [9.17, 15) is 0 Å². The number of benzene rings is 1. The van der Waals surface area contributed by atoms with Gasteiger partial charge in [0.05, 0.1) is 10.5 Å². The SMILES string of the molecule is Cc1cc(Cl)c2nc(-c3ccccn3)[nH]c2c1. The Bertz CT molecular complexity index is 674. The number of rotatable bonds is 1. The van der Waals surface area contributed by atoms with Crippen molar-refractivity contribution in [1.29, 1.82) is 0 Å². The van der Waals surface area contributed by atoms with E-state index in [4.69, 9.17) is 11.6 Å². The van der Waals surface area contributed by atoms with Gasteiger partial charge in [-0.2, -0.15) is 0 Å². The zero-order valence-electron chi connectivity index (χ0n) is 9.24. The number of halogens is 1. The number of pyridine rings is 1. The molecular weight excluding hydrogens is 234 g/mol. The molecule has 3 nitrogen and oxygen atoms in total. The van der Waals surface area contributed by atoms with Crippen molar-refractivity contribution >= 4 is 22.6 Å². The summed E-state index contributed by atoms with van der Waals surface area (Å²) in [5.41, 5.74) is 3.66. The molecule has 0 radical (unpaired) electrons. The summed E-state index contributed by atoms with van der Waals surface area (Å²) in [6.07, 6.45) is 1.75. The van der Waals surface area contributed by atoms with Crippen molar-refractivity contribution in [3.63, 3.8) is 0 Å². The van der Waals surface area contributed by atoms with Crippen molar-refractivity contribution in [3.05, 3.63) is 47.1 Å². The zero-order valence-corrected chi connectivity index (χ0v) is 9.99. The molecule has 3 rings (SSSR count). The van der Waals surface area contributed by atoms with Crippen LogP contribution in [0.3, 0.4) is 0 Å². The molecule has 17 heavy (non-hydrogen) atoms. The predicted octanol–water partition coefficient (Wildman–Crippen LogP) is 3.59. The van der Waals surface area contributed by atoms with Gasteiger partial charge in [-0.1, -0.05) is 17.7 Å². The molecule has 2 aromatic heterocycles. The Morgan fingerprint density at radius 3 is 2.88 bits per heavy atom. The Morgan fingerprint density at radius 2 is 2.12 bits per heavy atom. The van der Waals surface area contributed by atoms with Crippen molar-refractivity contribution in [1.82, 2.24) is 15.0 Å². The first-order chi connectivity index (χ1) is 8.24. The second-order valence-electron chi connectivity index (χ2n) is 3.94. The highest BCUT2D eigenvalue weighted by Gasteiger charge is 2.09. The molecule has 3 aromatic rings. The number of H-pyrrole nitrogens is 1. The molecular formula is C13H10ClN3. The molecule has 0 amide bonds. The molecule has 0 saturated carbocycles. The number of nitrogens with zero attached hydrogens (tertiary/aromatic N) is 2. The smallest absolute Gasteiger partial charge is 0.157 e. The summed E-state index contributed by atoms with van der Waals surface area (Å²) in [4.78, 5) is 12.0. The molecule has 0 atom stereocenters. The molecule has 1 aromatic carbocycles. The minimum absolute atomic E-state index is 0.665. The molecule has 0 unspecified atom stereocenters. The number of aromatic nitrogens is 3. The maximum Gasteiger partial charge on any atom is 0.157 e. The number of fused-ring (bicyclic) bond motifs is 1. The fourth-order valence-electron chi connectivity index (χ4n) is 1.83. The lowest BCUT2D eigenvalue weighted by Gasteiger charge is -1.94. The first kappa shape index (κ1) is 10.3. The van der Waals surface area contributed by atoms with Gasteiger partial charge in [-0.25, -0.2) is 4.98 Å². The minimum atomic E-state index is 0.665. The summed E-state index contributed by atoms with van der Waals surface area (Å²) in [7, 11) is 0. The molecule has 84 valence electrons. The summed E-state index contributed by atoms with van der Waals surface area (Å²) < 4.78 is 0. The molecule has 0 bridgehead atoms. The highest BCUT2D eigenvalue weighted by atomic mass is 35.5. The molecule has 0 aliphatic carbocycles. The van der Waals surface area contributed by atoms with Crippen LogP contribution in [0, 0.1) is 6.92 Å². The highest BCUT2D eigenvalue weighted by Crippen LogP contribution is 2.26. The first-order valence-electron chi connectivity index (χ1n) is 5.31. The molecule has 0 fully saturated rings. The second-order valence-corrected chi connectivity index (χ2v) is 4.35. The van der Waals surface area contributed by atoms with Crippen LogP contribution in [0.2, 0.25) is 5.02 Å². The normalized spacial score (nSPS) is 10.9. The molecule has 0 saturated heterocycles. The summed E-state index contributed by atoms with van der Waals surface area (Å²) in [6, 6.07) is 9.66. The third-order valence-corrected chi connectivity index (χ3v) is 2.88. The van der Waals surface area contributed by atoms with Gasteiger partial charge >= 0.3 is 0 Å². The van der Waals surface area contributed by atoms with Gasteiger partial charge in [-0.05, 0) is 36.8 Å². The van der Waals surface area contributed by atoms with E-state index in [2.05, 4.69) is 15.0 Å². The number of hydrogen-bond donors (Lipinski definition) is 1. The van der Waals surface area contributed by atoms with Crippen LogP contribution in [-0.2, 0) is 0 Å². The van der Waals surface area contributed by atoms with Crippen LogP contribution in [0.5, 0.6) is 0 Å². The maximum atomic E-state index is 6.16. The standard InChI is InChI=1S/C13H10ClN3/c1-8-6-9(14)12-11(7-8)16-13(17-12)10-4-2-3-5-15-10/h2-7H,1H3,(H,16,17). The van der Waals surface area contributed by atoms with Crippen LogP contribution in [0.1, 0.15) is 5.56 Å². The van der Waals surface area contributed by atoms with E-state index in [1.165, 1.54) is 0 Å². The molecule has 0 aliphatic heterocycles. The molecule has 0 spiro atoms. The fourth-order valence-corrected chi connectivity index (χ4v) is 2.15. The van der Waals surface area contributed by atoms with Gasteiger partial charge in [-0.15, -0.1) is 0 Å². The number of aryl methyl sites for hydroxylation is 1. The van der Waals surface area contributed by atoms with Gasteiger partial charge in [0.1, 0.15) is 11.2 Å². The van der Waals surface area contributed by atoms with Crippen LogP contribution in [0.15, 0.2) is 36.5 Å². The number of aromatic amines is 1. The summed E-state index contributed by atoms with van der Waals surface area (Å²) in [5.74, 6) is 0.744. The largest absolute Gasteiger partial charge is 0.337 e. The fraction of sp³-hybridized carbons (Fsp3) is 0.0769. The van der Waals surface area contributed by atoms with E-state index < -0.39 is 0 Å². The van der Waals surface area contributed by atoms with Gasteiger partial charge < -0.3 is 4.98 Å². The van der Waals surface area contributed by atoms with E-state index in [0.717, 1.165) is 28.1 Å². The van der Waals surface area contributed by atoms with Crippen LogP contribution >= 0.6 is 11.6 Å². The zero-order chi connectivity index (χ0) is 11.8. The van der Waals surface area contributed by atoms with E-state index in [0.29, 0.717) is 5.02 Å². The third-order valence-electron chi connectivity index (χ3n) is 2.59. The van der Waals surface area contributed by atoms with E-state index in [-0.39, 0.29) is 0 Å². The van der Waals surface area contributed by atoms with Crippen LogP contribution in [0.4, 0.5) is 0 Å². The van der Waals surface area contributed by atoms with Crippen LogP contribution in [-0.4, -0.2) is 15.0 Å². The van der Waals surface area contributed by atoms with Gasteiger partial charge in [0.25, 0.3) is 0 Å². The van der Waals surface area contributed by atoms with Crippen molar-refractivity contribution in [2.75, 3.05) is 0 Å². The monoisotopic (exact) mass is 243 g/mol. The Labute approximate surface area is 103 Å². The first-order valence-corrected chi connectivity index (χ1v) is 5.69. The van der Waals surface area contributed by atoms with Crippen molar-refractivity contribution < 1.29 is 0 Å². The van der Waals surface area contributed by atoms with E-state index in [1.54, 1.807) is 6.20 Å². The Balaban J connectivity index is 2.24. The van der Waals surface area contributed by atoms with Crippen LogP contribution < -0.4 is 0 Å². The molecule has 0 aliphatic rings. The molecule has 2 heterocycles. The number of hydrogen-bond acceptors (Lipinski definition) is 2. The summed E-state index contributed by atoms with van der Waals surface area (Å²) in [6.45, 7) is 2.01. The predicted molar refractivity (Wildman–Crippen MR) is 69.1 cm³/mol. The second kappa shape index (κ2) is 3.86. The lowest BCUT2D eigenvalue weighted by Crippen LogP contribution is -1.83. The Hall–Kier alpha value is -1.87. The average Bonchev–Trinajstić information content (AvgIpc) is 2.74. The van der Waals surface area contributed by atoms with Crippen molar-refractivity contribution in [2.45, 2.75) is 6.92 Å². The lowest BCUT2D eigenvalue weighted by molar-refractivity contribution is 1.24. The number of imidazole rings is 1. The molecule has 4 heteroatoms. The summed E-state index contributed by atoms with van der Waals surface area (Å²) >= 11 is 6.16. The minimum Gasteiger partial charge on any atom is -0.337 e. The van der Waals surface area contributed by atoms with Gasteiger partial charge in [0, 0.05) is 6.20 Å². The Morgan fingerprint density at radius 1 is 1.24 bits per heavy atom. The van der Waals surface area contributed by atoms with Crippen molar-refractivity contribution in [2.24, 2.45) is 0 Å². The van der Waals surface area contributed by atoms with Crippen LogP contribution in [0.25, 0.3) is 22.6 Å². The highest BCUT2D eigenvalue weighted by molar-refractivity contribution is 6.35. The third kappa shape index (κ3) is 1.78. The average molecular weight is 244 g/mol. The van der Waals surface area contributed by atoms with Gasteiger partial charge in [-0.3, -0.25) is 4.98 Å².